The van der Waals surface area contributed by atoms with E-state index in [1.54, 1.807) is 36.0 Å². The molecule has 0 aliphatic rings. The molecule has 1 aromatic heterocycles. The van der Waals surface area contributed by atoms with Crippen LogP contribution in [0, 0.1) is 11.8 Å². The highest BCUT2D eigenvalue weighted by Gasteiger charge is 2.14. The van der Waals surface area contributed by atoms with Crippen molar-refractivity contribution in [2.75, 3.05) is 6.61 Å². The molecule has 1 heterocycles. The molecule has 0 aliphatic carbocycles. The Labute approximate surface area is 152 Å². The minimum Gasteiger partial charge on any atom is -0.508 e. The van der Waals surface area contributed by atoms with Crippen molar-refractivity contribution >= 4 is 0 Å². The monoisotopic (exact) mass is 348 g/mol. The number of aromatic nitrogens is 2. The first-order valence-electron chi connectivity index (χ1n) is 8.31. The molecule has 5 heteroatoms. The van der Waals surface area contributed by atoms with Gasteiger partial charge in [0.05, 0.1) is 6.61 Å². The van der Waals surface area contributed by atoms with Crippen molar-refractivity contribution < 1.29 is 15.3 Å². The number of imidazole rings is 1. The predicted molar refractivity (Wildman–Crippen MR) is 99.4 cm³/mol. The number of aliphatic hydroxyl groups is 2. The zero-order valence-corrected chi connectivity index (χ0v) is 14.4. The number of hydrogen-bond donors (Lipinski definition) is 3. The first-order chi connectivity index (χ1) is 12.6. The minimum atomic E-state index is -0.731. The molecule has 2 atom stereocenters. The summed E-state index contributed by atoms with van der Waals surface area (Å²) in [6.07, 6.45) is 2.55. The summed E-state index contributed by atoms with van der Waals surface area (Å²) in [5, 5.41) is 28.8. The van der Waals surface area contributed by atoms with Gasteiger partial charge in [-0.25, -0.2) is 4.98 Å². The van der Waals surface area contributed by atoms with Crippen LogP contribution in [0.5, 0.6) is 5.75 Å². The van der Waals surface area contributed by atoms with Crippen molar-refractivity contribution in [3.05, 3.63) is 72.3 Å². The van der Waals surface area contributed by atoms with E-state index in [4.69, 9.17) is 0 Å². The summed E-state index contributed by atoms with van der Waals surface area (Å²) < 4.78 is 1.68. The molecule has 0 saturated heterocycles. The second-order valence-electron chi connectivity index (χ2n) is 5.96. The van der Waals surface area contributed by atoms with E-state index >= 15 is 0 Å². The van der Waals surface area contributed by atoms with Crippen LogP contribution in [-0.2, 0) is 0 Å². The normalized spacial score (nSPS) is 12.9. The van der Waals surface area contributed by atoms with Gasteiger partial charge in [-0.1, -0.05) is 36.1 Å². The lowest BCUT2D eigenvalue weighted by Crippen LogP contribution is -2.15. The molecule has 0 spiro atoms. The Morgan fingerprint density at radius 1 is 1.04 bits per heavy atom. The van der Waals surface area contributed by atoms with Crippen LogP contribution in [0.4, 0.5) is 0 Å². The number of hydrogen-bond acceptors (Lipinski definition) is 4. The van der Waals surface area contributed by atoms with E-state index in [0.717, 1.165) is 16.7 Å². The quantitative estimate of drug-likeness (QED) is 0.634. The maximum atomic E-state index is 9.75. The fourth-order valence-electron chi connectivity index (χ4n) is 2.68. The molecule has 2 aromatic carbocycles. The third-order valence-corrected chi connectivity index (χ3v) is 4.05. The molecule has 0 bridgehead atoms. The fraction of sp³-hybridized carbons (Fsp3) is 0.190. The number of benzene rings is 2. The molecule has 0 aliphatic heterocycles. The lowest BCUT2D eigenvalue weighted by Gasteiger charge is -2.14. The van der Waals surface area contributed by atoms with E-state index < -0.39 is 12.1 Å². The maximum absolute atomic E-state index is 9.75. The molecule has 26 heavy (non-hydrogen) atoms. The van der Waals surface area contributed by atoms with Crippen molar-refractivity contribution in [1.82, 2.24) is 9.55 Å². The van der Waals surface area contributed by atoms with Gasteiger partial charge in [-0.05, 0) is 42.3 Å². The molecule has 3 rings (SSSR count). The Bertz CT molecular complexity index is 916. The average Bonchev–Trinajstić information content (AvgIpc) is 3.13. The second-order valence-corrected chi connectivity index (χ2v) is 5.96. The largest absolute Gasteiger partial charge is 0.508 e. The Morgan fingerprint density at radius 3 is 2.23 bits per heavy atom. The van der Waals surface area contributed by atoms with Gasteiger partial charge in [0.1, 0.15) is 23.7 Å². The summed E-state index contributed by atoms with van der Waals surface area (Å²) in [5.74, 6) is 6.80. The standard InChI is InChI=1S/C21H20N2O3/c1-15(25)21-22-12-13-23(21)19(14-24)9-4-16-2-5-17(6-3-16)18-7-10-20(26)11-8-18/h2-3,5-8,10-13,15,19,24-26H,14H2,1H3/t15-,19-/m0/s1. The van der Waals surface area contributed by atoms with Crippen LogP contribution < -0.4 is 0 Å². The summed E-state index contributed by atoms with van der Waals surface area (Å²) >= 11 is 0. The highest BCUT2D eigenvalue weighted by Crippen LogP contribution is 2.22. The first-order valence-corrected chi connectivity index (χ1v) is 8.31. The van der Waals surface area contributed by atoms with E-state index in [1.165, 1.54) is 0 Å². The highest BCUT2D eigenvalue weighted by atomic mass is 16.3. The summed E-state index contributed by atoms with van der Waals surface area (Å²) in [4.78, 5) is 4.11. The zero-order chi connectivity index (χ0) is 18.5. The Morgan fingerprint density at radius 2 is 1.65 bits per heavy atom. The smallest absolute Gasteiger partial charge is 0.138 e. The van der Waals surface area contributed by atoms with Crippen molar-refractivity contribution in [1.29, 1.82) is 0 Å². The van der Waals surface area contributed by atoms with Crippen LogP contribution in [0.25, 0.3) is 11.1 Å². The van der Waals surface area contributed by atoms with E-state index in [0.29, 0.717) is 5.82 Å². The van der Waals surface area contributed by atoms with Crippen LogP contribution in [0.3, 0.4) is 0 Å². The number of phenols is 1. The number of nitrogens with zero attached hydrogens (tertiary/aromatic N) is 2. The number of aliphatic hydroxyl groups excluding tert-OH is 2. The van der Waals surface area contributed by atoms with Gasteiger partial charge in [-0.3, -0.25) is 0 Å². The molecule has 132 valence electrons. The van der Waals surface area contributed by atoms with E-state index in [-0.39, 0.29) is 12.4 Å². The number of phenolic OH excluding ortho intramolecular Hbond substituents is 1. The van der Waals surface area contributed by atoms with Gasteiger partial charge < -0.3 is 19.9 Å². The maximum Gasteiger partial charge on any atom is 0.138 e. The molecule has 0 radical (unpaired) electrons. The van der Waals surface area contributed by atoms with Crippen LogP contribution >= 0.6 is 0 Å². The van der Waals surface area contributed by atoms with E-state index in [2.05, 4.69) is 16.8 Å². The first kappa shape index (κ1) is 17.7. The van der Waals surface area contributed by atoms with Gasteiger partial charge >= 0.3 is 0 Å². The van der Waals surface area contributed by atoms with Crippen LogP contribution in [0.2, 0.25) is 0 Å². The van der Waals surface area contributed by atoms with Gasteiger partial charge in [0.15, 0.2) is 0 Å². The number of rotatable bonds is 4. The predicted octanol–water partition coefficient (Wildman–Crippen LogP) is 2.89. The molecule has 0 fully saturated rings. The number of aromatic hydroxyl groups is 1. The zero-order valence-electron chi connectivity index (χ0n) is 14.4. The van der Waals surface area contributed by atoms with Gasteiger partial charge in [-0.2, -0.15) is 0 Å². The Hall–Kier alpha value is -3.07. The molecule has 0 amide bonds. The summed E-state index contributed by atoms with van der Waals surface area (Å²) in [6.45, 7) is 1.46. The molecule has 3 aromatic rings. The van der Waals surface area contributed by atoms with Crippen molar-refractivity contribution in [2.45, 2.75) is 19.1 Å². The molecular formula is C21H20N2O3. The summed E-state index contributed by atoms with van der Waals surface area (Å²) in [7, 11) is 0. The van der Waals surface area contributed by atoms with E-state index in [9.17, 15) is 15.3 Å². The molecular weight excluding hydrogens is 328 g/mol. The Kier molecular flexibility index (Phi) is 5.37. The summed E-state index contributed by atoms with van der Waals surface area (Å²) in [5.41, 5.74) is 2.86. The Balaban J connectivity index is 1.80. The van der Waals surface area contributed by atoms with Gasteiger partial charge in [0.25, 0.3) is 0 Å². The van der Waals surface area contributed by atoms with Gasteiger partial charge in [0.2, 0.25) is 0 Å². The highest BCUT2D eigenvalue weighted by molar-refractivity contribution is 5.65. The second kappa shape index (κ2) is 7.87. The lowest BCUT2D eigenvalue weighted by atomic mass is 10.0. The molecule has 3 N–H and O–H groups in total. The topological polar surface area (TPSA) is 78.5 Å². The van der Waals surface area contributed by atoms with Crippen molar-refractivity contribution in [2.24, 2.45) is 0 Å². The molecule has 0 unspecified atom stereocenters. The summed E-state index contributed by atoms with van der Waals surface area (Å²) in [6, 6.07) is 14.3. The van der Waals surface area contributed by atoms with Crippen LogP contribution in [0.15, 0.2) is 60.9 Å². The average molecular weight is 348 g/mol. The SMILES string of the molecule is C[C@H](O)c1nccn1[C@@H](C#Cc1ccc(-c2ccc(O)cc2)cc1)CO. The third kappa shape index (κ3) is 3.94. The van der Waals surface area contributed by atoms with E-state index in [1.807, 2.05) is 36.4 Å². The van der Waals surface area contributed by atoms with Crippen molar-refractivity contribution in [3.8, 4) is 28.7 Å². The van der Waals surface area contributed by atoms with Gasteiger partial charge in [-0.15, -0.1) is 0 Å². The van der Waals surface area contributed by atoms with Crippen LogP contribution in [-0.4, -0.2) is 31.5 Å². The molecule has 5 nitrogen and oxygen atoms in total. The third-order valence-electron chi connectivity index (χ3n) is 4.05. The van der Waals surface area contributed by atoms with Crippen molar-refractivity contribution in [3.63, 3.8) is 0 Å². The minimum absolute atomic E-state index is 0.172. The fourth-order valence-corrected chi connectivity index (χ4v) is 2.68. The lowest BCUT2D eigenvalue weighted by molar-refractivity contribution is 0.176. The molecule has 0 saturated carbocycles. The van der Waals surface area contributed by atoms with Crippen LogP contribution in [0.1, 0.15) is 30.5 Å². The van der Waals surface area contributed by atoms with Gasteiger partial charge in [0, 0.05) is 18.0 Å².